The molecule has 1 amide bonds. The maximum absolute atomic E-state index is 12.4. The highest BCUT2D eigenvalue weighted by atomic mass is 35.5. The minimum Gasteiger partial charge on any atom is -0.324 e. The number of carbonyl (C=O) groups excluding carboxylic acids is 1. The quantitative estimate of drug-likeness (QED) is 0.549. The zero-order chi connectivity index (χ0) is 17.3. The molecule has 0 spiro atoms. The monoisotopic (exact) mass is 381 g/mol. The molecule has 0 saturated heterocycles. The summed E-state index contributed by atoms with van der Waals surface area (Å²) in [6, 6.07) is 4.92. The van der Waals surface area contributed by atoms with E-state index in [1.807, 2.05) is 0 Å². The minimum absolute atomic E-state index is 0.195. The second-order valence-electron chi connectivity index (χ2n) is 5.06. The lowest BCUT2D eigenvalue weighted by Crippen LogP contribution is -2.22. The third kappa shape index (κ3) is 3.48. The van der Waals surface area contributed by atoms with E-state index < -0.39 is 5.25 Å². The standard InChI is InChI=1S/C15H13Cl2N5OS/c1-8(14(23)21-12-5-9(16)3-4-11(12)17)24-15-10-6-20-22(2)13(10)18-7-19-15/h3-8H,1-2H3,(H,21,23). The predicted molar refractivity (Wildman–Crippen MR) is 96.7 cm³/mol. The van der Waals surface area contributed by atoms with E-state index in [-0.39, 0.29) is 5.91 Å². The van der Waals surface area contributed by atoms with Gasteiger partial charge in [0.25, 0.3) is 0 Å². The second-order valence-corrected chi connectivity index (χ2v) is 7.23. The van der Waals surface area contributed by atoms with Crippen LogP contribution < -0.4 is 5.32 Å². The maximum Gasteiger partial charge on any atom is 0.237 e. The van der Waals surface area contributed by atoms with Gasteiger partial charge in [-0.1, -0.05) is 35.0 Å². The van der Waals surface area contributed by atoms with Crippen LogP contribution in [0.3, 0.4) is 0 Å². The van der Waals surface area contributed by atoms with Crippen LogP contribution >= 0.6 is 35.0 Å². The van der Waals surface area contributed by atoms with E-state index in [0.29, 0.717) is 20.8 Å². The van der Waals surface area contributed by atoms with Gasteiger partial charge >= 0.3 is 0 Å². The Morgan fingerprint density at radius 3 is 2.92 bits per heavy atom. The predicted octanol–water partition coefficient (Wildman–Crippen LogP) is 3.79. The van der Waals surface area contributed by atoms with E-state index in [2.05, 4.69) is 20.4 Å². The van der Waals surface area contributed by atoms with Crippen LogP contribution in [-0.2, 0) is 11.8 Å². The Bertz CT molecular complexity index is 914. The molecule has 3 aromatic rings. The topological polar surface area (TPSA) is 72.7 Å². The fourth-order valence-electron chi connectivity index (χ4n) is 2.08. The summed E-state index contributed by atoms with van der Waals surface area (Å²) in [5, 5.41) is 9.01. The molecule has 124 valence electrons. The number of halogens is 2. The van der Waals surface area contributed by atoms with Crippen LogP contribution in [0.5, 0.6) is 0 Å². The zero-order valence-electron chi connectivity index (χ0n) is 12.8. The number of nitrogens with one attached hydrogen (secondary N) is 1. The van der Waals surface area contributed by atoms with Gasteiger partial charge in [0.15, 0.2) is 5.65 Å². The number of hydrogen-bond donors (Lipinski definition) is 1. The van der Waals surface area contributed by atoms with Crippen LogP contribution in [0, 0.1) is 0 Å². The third-order valence-corrected chi connectivity index (χ3v) is 5.02. The molecule has 0 aliphatic carbocycles. The average molecular weight is 382 g/mol. The van der Waals surface area contributed by atoms with E-state index in [4.69, 9.17) is 23.2 Å². The number of nitrogens with zero attached hydrogens (tertiary/aromatic N) is 4. The summed E-state index contributed by atoms with van der Waals surface area (Å²) in [5.41, 5.74) is 1.20. The van der Waals surface area contributed by atoms with E-state index in [1.165, 1.54) is 18.1 Å². The fraction of sp³-hybridized carbons (Fsp3) is 0.200. The highest BCUT2D eigenvalue weighted by Crippen LogP contribution is 2.30. The first-order valence-electron chi connectivity index (χ1n) is 7.01. The van der Waals surface area contributed by atoms with Crippen molar-refractivity contribution in [2.45, 2.75) is 17.2 Å². The molecule has 9 heteroatoms. The zero-order valence-corrected chi connectivity index (χ0v) is 15.2. The van der Waals surface area contributed by atoms with E-state index in [0.717, 1.165) is 11.0 Å². The van der Waals surface area contributed by atoms with E-state index in [9.17, 15) is 4.79 Å². The molecule has 0 radical (unpaired) electrons. The lowest BCUT2D eigenvalue weighted by molar-refractivity contribution is -0.115. The van der Waals surface area contributed by atoms with E-state index in [1.54, 1.807) is 43.0 Å². The largest absolute Gasteiger partial charge is 0.324 e. The van der Waals surface area contributed by atoms with Crippen molar-refractivity contribution in [2.24, 2.45) is 7.05 Å². The molecule has 0 fully saturated rings. The van der Waals surface area contributed by atoms with Crippen molar-refractivity contribution >= 4 is 57.6 Å². The van der Waals surface area contributed by atoms with Crippen molar-refractivity contribution in [2.75, 3.05) is 5.32 Å². The number of anilines is 1. The molecule has 2 heterocycles. The number of aromatic nitrogens is 4. The second kappa shape index (κ2) is 6.96. The Balaban J connectivity index is 1.77. The maximum atomic E-state index is 12.4. The third-order valence-electron chi connectivity index (χ3n) is 3.34. The van der Waals surface area contributed by atoms with Gasteiger partial charge in [-0.3, -0.25) is 9.48 Å². The van der Waals surface area contributed by atoms with Gasteiger partial charge in [0.05, 0.1) is 27.5 Å². The van der Waals surface area contributed by atoms with Crippen LogP contribution in [0.2, 0.25) is 10.0 Å². The van der Waals surface area contributed by atoms with Crippen molar-refractivity contribution in [3.8, 4) is 0 Å². The van der Waals surface area contributed by atoms with Gasteiger partial charge in [-0.15, -0.1) is 0 Å². The number of hydrogen-bond acceptors (Lipinski definition) is 5. The summed E-state index contributed by atoms with van der Waals surface area (Å²) < 4.78 is 1.66. The molecule has 1 atom stereocenters. The Hall–Kier alpha value is -1.83. The molecule has 0 bridgehead atoms. The van der Waals surface area contributed by atoms with Gasteiger partial charge in [0.1, 0.15) is 11.4 Å². The Labute approximate surface area is 152 Å². The molecule has 2 aromatic heterocycles. The summed E-state index contributed by atoms with van der Waals surface area (Å²) in [4.78, 5) is 20.9. The van der Waals surface area contributed by atoms with Gasteiger partial charge in [-0.05, 0) is 25.1 Å². The van der Waals surface area contributed by atoms with Gasteiger partial charge in [0, 0.05) is 12.1 Å². The molecule has 1 N–H and O–H groups in total. The molecular weight excluding hydrogens is 369 g/mol. The average Bonchev–Trinajstić information content (AvgIpc) is 2.93. The summed E-state index contributed by atoms with van der Waals surface area (Å²) in [7, 11) is 1.81. The van der Waals surface area contributed by atoms with Crippen molar-refractivity contribution in [3.05, 3.63) is 40.8 Å². The van der Waals surface area contributed by atoms with Crippen LogP contribution in [0.4, 0.5) is 5.69 Å². The number of amides is 1. The first kappa shape index (κ1) is 17.0. The van der Waals surface area contributed by atoms with Crippen molar-refractivity contribution < 1.29 is 4.79 Å². The van der Waals surface area contributed by atoms with Gasteiger partial charge in [-0.25, -0.2) is 9.97 Å². The first-order valence-corrected chi connectivity index (χ1v) is 8.64. The number of carbonyl (C=O) groups is 1. The smallest absolute Gasteiger partial charge is 0.237 e. The fourth-order valence-corrected chi connectivity index (χ4v) is 3.30. The minimum atomic E-state index is -0.390. The Morgan fingerprint density at radius 1 is 1.33 bits per heavy atom. The summed E-state index contributed by atoms with van der Waals surface area (Å²) in [5.74, 6) is -0.195. The molecule has 0 saturated carbocycles. The van der Waals surface area contributed by atoms with Crippen LogP contribution in [0.15, 0.2) is 35.7 Å². The lowest BCUT2D eigenvalue weighted by atomic mass is 10.3. The highest BCUT2D eigenvalue weighted by molar-refractivity contribution is 8.00. The first-order chi connectivity index (χ1) is 11.5. The molecule has 0 aliphatic rings. The normalized spacial score (nSPS) is 12.3. The van der Waals surface area contributed by atoms with Crippen molar-refractivity contribution in [1.29, 1.82) is 0 Å². The molecule has 3 rings (SSSR count). The van der Waals surface area contributed by atoms with Crippen LogP contribution in [-0.4, -0.2) is 30.9 Å². The van der Waals surface area contributed by atoms with Gasteiger partial charge in [0.2, 0.25) is 5.91 Å². The molecule has 6 nitrogen and oxygen atoms in total. The summed E-state index contributed by atoms with van der Waals surface area (Å²) >= 11 is 13.3. The molecular formula is C15H13Cl2N5OS. The van der Waals surface area contributed by atoms with Crippen LogP contribution in [0.25, 0.3) is 11.0 Å². The summed E-state index contributed by atoms with van der Waals surface area (Å²) in [6.07, 6.45) is 3.15. The lowest BCUT2D eigenvalue weighted by Gasteiger charge is -2.13. The SMILES string of the molecule is CC(Sc1ncnc2c1cnn2C)C(=O)Nc1cc(Cl)ccc1Cl. The van der Waals surface area contributed by atoms with Gasteiger partial charge < -0.3 is 5.32 Å². The molecule has 1 aromatic carbocycles. The number of thioether (sulfide) groups is 1. The Kier molecular flexibility index (Phi) is 4.93. The summed E-state index contributed by atoms with van der Waals surface area (Å²) in [6.45, 7) is 1.79. The molecule has 0 aliphatic heterocycles. The highest BCUT2D eigenvalue weighted by Gasteiger charge is 2.19. The van der Waals surface area contributed by atoms with Crippen molar-refractivity contribution in [3.63, 3.8) is 0 Å². The Morgan fingerprint density at radius 2 is 2.12 bits per heavy atom. The van der Waals surface area contributed by atoms with Crippen molar-refractivity contribution in [1.82, 2.24) is 19.7 Å². The molecule has 24 heavy (non-hydrogen) atoms. The number of aryl methyl sites for hydroxylation is 1. The van der Waals surface area contributed by atoms with E-state index >= 15 is 0 Å². The number of rotatable bonds is 4. The number of benzene rings is 1. The molecule has 1 unspecified atom stereocenters. The van der Waals surface area contributed by atoms with Crippen LogP contribution in [0.1, 0.15) is 6.92 Å². The number of fused-ring (bicyclic) bond motifs is 1. The van der Waals surface area contributed by atoms with Gasteiger partial charge in [-0.2, -0.15) is 5.10 Å².